The maximum atomic E-state index is 12.1. The summed E-state index contributed by atoms with van der Waals surface area (Å²) in [4.78, 5) is 28.9. The Balaban J connectivity index is 1.69. The molecule has 6 nitrogen and oxygen atoms in total. The molecule has 0 aliphatic carbocycles. The second-order valence-electron chi connectivity index (χ2n) is 5.53. The monoisotopic (exact) mass is 330 g/mol. The SMILES string of the molecule is Cc1ccc(NC(=O)Nc2nc3c(s2)C(=O)NCCC3)cc1C. The first-order valence-corrected chi connectivity index (χ1v) is 8.28. The van der Waals surface area contributed by atoms with Crippen LogP contribution in [-0.4, -0.2) is 23.5 Å². The molecule has 3 rings (SSSR count). The number of aryl methyl sites for hydroxylation is 3. The number of rotatable bonds is 2. The minimum absolute atomic E-state index is 0.113. The molecule has 120 valence electrons. The van der Waals surface area contributed by atoms with E-state index >= 15 is 0 Å². The summed E-state index contributed by atoms with van der Waals surface area (Å²) in [6.07, 6.45) is 1.60. The third-order valence-corrected chi connectivity index (χ3v) is 4.78. The van der Waals surface area contributed by atoms with Crippen molar-refractivity contribution in [2.75, 3.05) is 17.2 Å². The molecule has 0 saturated heterocycles. The Hall–Kier alpha value is -2.41. The Bertz CT molecular complexity index is 769. The third kappa shape index (κ3) is 3.50. The topological polar surface area (TPSA) is 83.1 Å². The van der Waals surface area contributed by atoms with Gasteiger partial charge in [0.25, 0.3) is 5.91 Å². The average Bonchev–Trinajstić information content (AvgIpc) is 2.82. The molecule has 1 aromatic heterocycles. The molecule has 0 unspecified atom stereocenters. The Labute approximate surface area is 138 Å². The van der Waals surface area contributed by atoms with Gasteiger partial charge in [-0.1, -0.05) is 17.4 Å². The molecule has 1 aliphatic heterocycles. The zero-order chi connectivity index (χ0) is 16.4. The number of aromatic nitrogens is 1. The van der Waals surface area contributed by atoms with Crippen LogP contribution in [0.5, 0.6) is 0 Å². The third-order valence-electron chi connectivity index (χ3n) is 3.76. The van der Waals surface area contributed by atoms with Crippen molar-refractivity contribution in [3.8, 4) is 0 Å². The molecular weight excluding hydrogens is 312 g/mol. The predicted octanol–water partition coefficient (Wildman–Crippen LogP) is 3.08. The summed E-state index contributed by atoms with van der Waals surface area (Å²) in [5.41, 5.74) is 3.76. The summed E-state index contributed by atoms with van der Waals surface area (Å²) in [6, 6.07) is 5.37. The first-order valence-electron chi connectivity index (χ1n) is 7.46. The van der Waals surface area contributed by atoms with Crippen LogP contribution in [0.2, 0.25) is 0 Å². The second-order valence-corrected chi connectivity index (χ2v) is 6.53. The van der Waals surface area contributed by atoms with Gasteiger partial charge in [-0.25, -0.2) is 9.78 Å². The lowest BCUT2D eigenvalue weighted by atomic mass is 10.1. The van der Waals surface area contributed by atoms with Gasteiger partial charge in [0, 0.05) is 12.2 Å². The number of carbonyl (C=O) groups excluding carboxylic acids is 2. The van der Waals surface area contributed by atoms with Crippen molar-refractivity contribution < 1.29 is 9.59 Å². The molecule has 1 aliphatic rings. The molecule has 0 spiro atoms. The smallest absolute Gasteiger partial charge is 0.325 e. The Morgan fingerprint density at radius 1 is 1.26 bits per heavy atom. The Kier molecular flexibility index (Phi) is 4.29. The maximum Gasteiger partial charge on any atom is 0.325 e. The molecule has 2 heterocycles. The molecule has 0 radical (unpaired) electrons. The van der Waals surface area contributed by atoms with Crippen molar-refractivity contribution in [2.45, 2.75) is 26.7 Å². The van der Waals surface area contributed by atoms with Crippen molar-refractivity contribution in [3.63, 3.8) is 0 Å². The number of benzene rings is 1. The van der Waals surface area contributed by atoms with Gasteiger partial charge in [-0.15, -0.1) is 0 Å². The number of anilines is 2. The Morgan fingerprint density at radius 2 is 2.09 bits per heavy atom. The molecule has 7 heteroatoms. The van der Waals surface area contributed by atoms with E-state index in [4.69, 9.17) is 0 Å². The van der Waals surface area contributed by atoms with Crippen molar-refractivity contribution in [1.29, 1.82) is 0 Å². The van der Waals surface area contributed by atoms with E-state index in [2.05, 4.69) is 20.9 Å². The van der Waals surface area contributed by atoms with E-state index in [9.17, 15) is 9.59 Å². The number of nitrogens with zero attached hydrogens (tertiary/aromatic N) is 1. The average molecular weight is 330 g/mol. The van der Waals surface area contributed by atoms with E-state index in [0.29, 0.717) is 16.6 Å². The number of hydrogen-bond donors (Lipinski definition) is 3. The van der Waals surface area contributed by atoms with Crippen LogP contribution in [0, 0.1) is 13.8 Å². The molecule has 23 heavy (non-hydrogen) atoms. The Morgan fingerprint density at radius 3 is 2.87 bits per heavy atom. The summed E-state index contributed by atoms with van der Waals surface area (Å²) in [6.45, 7) is 4.68. The van der Waals surface area contributed by atoms with Crippen LogP contribution >= 0.6 is 11.3 Å². The second kappa shape index (κ2) is 6.37. The fourth-order valence-electron chi connectivity index (χ4n) is 2.37. The molecule has 1 aromatic carbocycles. The van der Waals surface area contributed by atoms with Crippen LogP contribution in [0.3, 0.4) is 0 Å². The molecule has 0 fully saturated rings. The van der Waals surface area contributed by atoms with Crippen LogP contribution in [0.25, 0.3) is 0 Å². The zero-order valence-electron chi connectivity index (χ0n) is 13.0. The van der Waals surface area contributed by atoms with Gasteiger partial charge in [0.2, 0.25) is 0 Å². The first kappa shape index (κ1) is 15.5. The van der Waals surface area contributed by atoms with Crippen LogP contribution < -0.4 is 16.0 Å². The van der Waals surface area contributed by atoms with E-state index in [1.165, 1.54) is 16.9 Å². The fraction of sp³-hybridized carbons (Fsp3) is 0.312. The van der Waals surface area contributed by atoms with Gasteiger partial charge in [-0.3, -0.25) is 10.1 Å². The van der Waals surface area contributed by atoms with Gasteiger partial charge in [-0.2, -0.15) is 0 Å². The largest absolute Gasteiger partial charge is 0.351 e. The number of thiazole rings is 1. The van der Waals surface area contributed by atoms with Gasteiger partial charge in [-0.05, 0) is 49.9 Å². The molecule has 0 saturated carbocycles. The summed E-state index contributed by atoms with van der Waals surface area (Å²) in [7, 11) is 0. The predicted molar refractivity (Wildman–Crippen MR) is 91.3 cm³/mol. The highest BCUT2D eigenvalue weighted by Crippen LogP contribution is 2.25. The van der Waals surface area contributed by atoms with Crippen molar-refractivity contribution in [2.24, 2.45) is 0 Å². The van der Waals surface area contributed by atoms with E-state index in [0.717, 1.165) is 29.8 Å². The quantitative estimate of drug-likeness (QED) is 0.791. The standard InChI is InChI=1S/C16H18N4O2S/c1-9-5-6-11(8-10(9)2)18-15(22)20-16-19-12-4-3-7-17-14(21)13(12)23-16/h5-6,8H,3-4,7H2,1-2H3,(H,17,21)(H2,18,19,20,22). The fourth-order valence-corrected chi connectivity index (χ4v) is 3.29. The van der Waals surface area contributed by atoms with Crippen LogP contribution in [-0.2, 0) is 6.42 Å². The number of fused-ring (bicyclic) bond motifs is 1. The lowest BCUT2D eigenvalue weighted by Crippen LogP contribution is -2.21. The molecule has 2 aromatic rings. The van der Waals surface area contributed by atoms with Crippen LogP contribution in [0.1, 0.15) is 32.9 Å². The van der Waals surface area contributed by atoms with Gasteiger partial charge >= 0.3 is 6.03 Å². The summed E-state index contributed by atoms with van der Waals surface area (Å²) >= 11 is 1.21. The zero-order valence-corrected chi connectivity index (χ0v) is 13.8. The van der Waals surface area contributed by atoms with Gasteiger partial charge in [0.05, 0.1) is 5.69 Å². The number of urea groups is 1. The van der Waals surface area contributed by atoms with E-state index < -0.39 is 0 Å². The highest BCUT2D eigenvalue weighted by atomic mass is 32.1. The first-order chi connectivity index (χ1) is 11.0. The number of carbonyl (C=O) groups is 2. The molecule has 0 bridgehead atoms. The normalized spacial score (nSPS) is 13.7. The summed E-state index contributed by atoms with van der Waals surface area (Å²) in [5, 5.41) is 8.74. The van der Waals surface area contributed by atoms with Crippen molar-refractivity contribution in [3.05, 3.63) is 39.9 Å². The number of hydrogen-bond acceptors (Lipinski definition) is 4. The van der Waals surface area contributed by atoms with Gasteiger partial charge in [0.15, 0.2) is 5.13 Å². The summed E-state index contributed by atoms with van der Waals surface area (Å²) in [5.74, 6) is -0.113. The van der Waals surface area contributed by atoms with Gasteiger partial charge < -0.3 is 10.6 Å². The summed E-state index contributed by atoms with van der Waals surface area (Å²) < 4.78 is 0. The molecule has 3 N–H and O–H groups in total. The molecular formula is C16H18N4O2S. The van der Waals surface area contributed by atoms with E-state index in [1.54, 1.807) is 0 Å². The van der Waals surface area contributed by atoms with Crippen LogP contribution in [0.15, 0.2) is 18.2 Å². The minimum atomic E-state index is -0.363. The van der Waals surface area contributed by atoms with Crippen molar-refractivity contribution in [1.82, 2.24) is 10.3 Å². The van der Waals surface area contributed by atoms with Crippen molar-refractivity contribution >= 4 is 34.1 Å². The maximum absolute atomic E-state index is 12.1. The van der Waals surface area contributed by atoms with E-state index in [-0.39, 0.29) is 11.9 Å². The molecule has 3 amide bonds. The number of amides is 3. The minimum Gasteiger partial charge on any atom is -0.351 e. The number of nitrogens with one attached hydrogen (secondary N) is 3. The van der Waals surface area contributed by atoms with E-state index in [1.807, 2.05) is 32.0 Å². The highest BCUT2D eigenvalue weighted by Gasteiger charge is 2.21. The van der Waals surface area contributed by atoms with Crippen LogP contribution in [0.4, 0.5) is 15.6 Å². The lowest BCUT2D eigenvalue weighted by molar-refractivity contribution is 0.0960. The van der Waals surface area contributed by atoms with Gasteiger partial charge in [0.1, 0.15) is 4.88 Å². The lowest BCUT2D eigenvalue weighted by Gasteiger charge is -2.07. The highest BCUT2D eigenvalue weighted by molar-refractivity contribution is 7.17. The molecule has 0 atom stereocenters.